The Morgan fingerprint density at radius 2 is 2.08 bits per heavy atom. The predicted octanol–water partition coefficient (Wildman–Crippen LogP) is 4.31. The van der Waals surface area contributed by atoms with Crippen molar-refractivity contribution in [3.63, 3.8) is 0 Å². The van der Waals surface area contributed by atoms with Crippen molar-refractivity contribution in [1.29, 1.82) is 0 Å². The quantitative estimate of drug-likeness (QED) is 0.895. The third kappa shape index (κ3) is 2.30. The van der Waals surface area contributed by atoms with Crippen molar-refractivity contribution in [2.75, 3.05) is 31.6 Å². The molecule has 2 aromatic carbocycles. The van der Waals surface area contributed by atoms with Gasteiger partial charge >= 0.3 is 0 Å². The molecule has 0 bridgehead atoms. The number of benzene rings is 2. The minimum Gasteiger partial charge on any atom is -0.496 e. The highest BCUT2D eigenvalue weighted by Crippen LogP contribution is 2.50. The second-order valence-electron chi connectivity index (χ2n) is 8.30. The lowest BCUT2D eigenvalue weighted by Gasteiger charge is -2.32. The standard InChI is InChI=1S/C23H28N2O/c1-14(2)15-4-5-18(22(12-15)26-3)17-10-16-7-9-25-21-6-8-24-13-20(21)19(11-17)23(16)25/h4-5,10-12,14,20-21,24H,6-9,13H2,1-3H3. The van der Waals surface area contributed by atoms with Crippen LogP contribution in [0.1, 0.15) is 48.8 Å². The summed E-state index contributed by atoms with van der Waals surface area (Å²) in [6.45, 7) is 7.92. The summed E-state index contributed by atoms with van der Waals surface area (Å²) < 4.78 is 5.78. The van der Waals surface area contributed by atoms with Crippen LogP contribution in [0.5, 0.6) is 5.75 Å². The van der Waals surface area contributed by atoms with Gasteiger partial charge in [-0.25, -0.2) is 0 Å². The van der Waals surface area contributed by atoms with Crippen molar-refractivity contribution < 1.29 is 4.74 Å². The number of anilines is 1. The molecular formula is C23H28N2O. The average Bonchev–Trinajstić information content (AvgIpc) is 3.24. The van der Waals surface area contributed by atoms with E-state index in [4.69, 9.17) is 4.74 Å². The first-order valence-corrected chi connectivity index (χ1v) is 10.00. The number of piperidine rings is 1. The number of hydrogen-bond donors (Lipinski definition) is 1. The van der Waals surface area contributed by atoms with Crippen molar-refractivity contribution >= 4 is 5.69 Å². The molecular weight excluding hydrogens is 320 g/mol. The molecule has 3 heteroatoms. The largest absolute Gasteiger partial charge is 0.496 e. The predicted molar refractivity (Wildman–Crippen MR) is 108 cm³/mol. The Balaban J connectivity index is 1.63. The summed E-state index contributed by atoms with van der Waals surface area (Å²) in [5.74, 6) is 2.14. The van der Waals surface area contributed by atoms with E-state index in [0.29, 0.717) is 17.9 Å². The fraction of sp³-hybridized carbons (Fsp3) is 0.478. The van der Waals surface area contributed by atoms with Crippen LogP contribution in [0.3, 0.4) is 0 Å². The van der Waals surface area contributed by atoms with Crippen LogP contribution in [0, 0.1) is 0 Å². The molecule has 3 aliphatic heterocycles. The zero-order valence-electron chi connectivity index (χ0n) is 16.0. The zero-order valence-corrected chi connectivity index (χ0v) is 16.0. The van der Waals surface area contributed by atoms with Crippen molar-refractivity contribution in [1.82, 2.24) is 5.32 Å². The Hall–Kier alpha value is -2.00. The van der Waals surface area contributed by atoms with Gasteiger partial charge in [0, 0.05) is 36.3 Å². The van der Waals surface area contributed by atoms with Crippen LogP contribution in [-0.2, 0) is 6.42 Å². The third-order valence-electron chi connectivity index (χ3n) is 6.58. The lowest BCUT2D eigenvalue weighted by molar-refractivity contribution is 0.405. The van der Waals surface area contributed by atoms with Gasteiger partial charge in [-0.3, -0.25) is 0 Å². The van der Waals surface area contributed by atoms with Gasteiger partial charge in [-0.15, -0.1) is 0 Å². The molecule has 2 aromatic rings. The summed E-state index contributed by atoms with van der Waals surface area (Å²) in [6, 6.07) is 12.3. The number of rotatable bonds is 3. The molecule has 5 rings (SSSR count). The number of hydrogen-bond acceptors (Lipinski definition) is 3. The maximum absolute atomic E-state index is 5.78. The van der Waals surface area contributed by atoms with E-state index in [1.54, 1.807) is 18.4 Å². The second-order valence-corrected chi connectivity index (χ2v) is 8.30. The van der Waals surface area contributed by atoms with Crippen LogP contribution in [-0.4, -0.2) is 32.8 Å². The van der Waals surface area contributed by atoms with Crippen molar-refractivity contribution in [2.45, 2.75) is 44.6 Å². The molecule has 136 valence electrons. The summed E-state index contributed by atoms with van der Waals surface area (Å²) in [5.41, 5.74) is 8.51. The number of nitrogens with zero attached hydrogens (tertiary/aromatic N) is 1. The minimum absolute atomic E-state index is 0.512. The Kier molecular flexibility index (Phi) is 3.75. The van der Waals surface area contributed by atoms with E-state index in [2.05, 4.69) is 54.4 Å². The number of nitrogens with one attached hydrogen (secondary N) is 1. The molecule has 0 aliphatic carbocycles. The molecule has 0 aromatic heterocycles. The first-order valence-electron chi connectivity index (χ1n) is 10.00. The number of methoxy groups -OCH3 is 1. The van der Waals surface area contributed by atoms with Crippen molar-refractivity contribution in [3.05, 3.63) is 47.0 Å². The SMILES string of the molecule is COc1cc(C(C)C)ccc1-c1cc2c3c(c1)C1CNCCC1N3CC2. The van der Waals surface area contributed by atoms with Crippen LogP contribution < -0.4 is 15.0 Å². The van der Waals surface area contributed by atoms with Gasteiger partial charge in [0.15, 0.2) is 0 Å². The fourth-order valence-electron chi connectivity index (χ4n) is 5.22. The molecule has 3 nitrogen and oxygen atoms in total. The molecule has 0 amide bonds. The van der Waals surface area contributed by atoms with Gasteiger partial charge in [0.2, 0.25) is 0 Å². The Morgan fingerprint density at radius 3 is 2.88 bits per heavy atom. The summed E-state index contributed by atoms with van der Waals surface area (Å²) in [6.07, 6.45) is 2.44. The highest BCUT2D eigenvalue weighted by molar-refractivity contribution is 5.80. The van der Waals surface area contributed by atoms with Gasteiger partial charge in [-0.1, -0.05) is 26.0 Å². The van der Waals surface area contributed by atoms with E-state index < -0.39 is 0 Å². The topological polar surface area (TPSA) is 24.5 Å². The number of ether oxygens (including phenoxy) is 1. The summed E-state index contributed by atoms with van der Waals surface area (Å²) in [4.78, 5) is 2.69. The molecule has 0 radical (unpaired) electrons. The highest BCUT2D eigenvalue weighted by atomic mass is 16.5. The second kappa shape index (κ2) is 6.02. The monoisotopic (exact) mass is 348 g/mol. The molecule has 2 unspecified atom stereocenters. The Labute approximate surface area is 156 Å². The van der Waals surface area contributed by atoms with E-state index in [9.17, 15) is 0 Å². The van der Waals surface area contributed by atoms with Crippen LogP contribution in [0.4, 0.5) is 5.69 Å². The molecule has 1 saturated heterocycles. The van der Waals surface area contributed by atoms with Gasteiger partial charge < -0.3 is 15.0 Å². The molecule has 0 spiro atoms. The van der Waals surface area contributed by atoms with Gasteiger partial charge in [0.05, 0.1) is 7.11 Å². The number of fused-ring (bicyclic) bond motifs is 3. The third-order valence-corrected chi connectivity index (χ3v) is 6.58. The summed E-state index contributed by atoms with van der Waals surface area (Å²) in [5, 5.41) is 3.61. The molecule has 1 fully saturated rings. The van der Waals surface area contributed by atoms with Crippen LogP contribution in [0.15, 0.2) is 30.3 Å². The average molecular weight is 348 g/mol. The molecule has 2 atom stereocenters. The Morgan fingerprint density at radius 1 is 1.19 bits per heavy atom. The molecule has 3 aliphatic rings. The zero-order chi connectivity index (χ0) is 17.8. The lowest BCUT2D eigenvalue weighted by Crippen LogP contribution is -2.43. The molecule has 1 N–H and O–H groups in total. The first kappa shape index (κ1) is 16.2. The van der Waals surface area contributed by atoms with Gasteiger partial charge in [-0.05, 0) is 65.8 Å². The maximum atomic E-state index is 5.78. The molecule has 3 heterocycles. The lowest BCUT2D eigenvalue weighted by atomic mass is 9.86. The Bertz CT molecular complexity index is 858. The van der Waals surface area contributed by atoms with Crippen molar-refractivity contribution in [2.24, 2.45) is 0 Å². The van der Waals surface area contributed by atoms with Crippen molar-refractivity contribution in [3.8, 4) is 16.9 Å². The van der Waals surface area contributed by atoms with Gasteiger partial charge in [-0.2, -0.15) is 0 Å². The van der Waals surface area contributed by atoms with Gasteiger partial charge in [0.25, 0.3) is 0 Å². The van der Waals surface area contributed by atoms with E-state index >= 15 is 0 Å². The van der Waals surface area contributed by atoms with E-state index in [1.165, 1.54) is 41.6 Å². The van der Waals surface area contributed by atoms with E-state index in [1.807, 2.05) is 0 Å². The van der Waals surface area contributed by atoms with Crippen LogP contribution in [0.2, 0.25) is 0 Å². The van der Waals surface area contributed by atoms with E-state index in [0.717, 1.165) is 18.8 Å². The van der Waals surface area contributed by atoms with Crippen LogP contribution >= 0.6 is 0 Å². The maximum Gasteiger partial charge on any atom is 0.126 e. The molecule has 26 heavy (non-hydrogen) atoms. The molecule has 0 saturated carbocycles. The normalized spacial score (nSPS) is 23.3. The van der Waals surface area contributed by atoms with Gasteiger partial charge in [0.1, 0.15) is 5.75 Å². The van der Waals surface area contributed by atoms with Crippen LogP contribution in [0.25, 0.3) is 11.1 Å². The first-order chi connectivity index (χ1) is 12.7. The fourth-order valence-corrected chi connectivity index (χ4v) is 5.22. The van der Waals surface area contributed by atoms with E-state index in [-0.39, 0.29) is 0 Å². The smallest absolute Gasteiger partial charge is 0.126 e. The summed E-state index contributed by atoms with van der Waals surface area (Å²) in [7, 11) is 1.79. The summed E-state index contributed by atoms with van der Waals surface area (Å²) >= 11 is 0. The highest BCUT2D eigenvalue weighted by Gasteiger charge is 2.43. The minimum atomic E-state index is 0.512.